The van der Waals surface area contributed by atoms with Crippen molar-refractivity contribution >= 4 is 27.5 Å². The smallest absolute Gasteiger partial charge is 0.137 e. The number of nitrogens with one attached hydrogen (secondary N) is 1. The van der Waals surface area contributed by atoms with Crippen molar-refractivity contribution in [3.63, 3.8) is 0 Å². The van der Waals surface area contributed by atoms with Gasteiger partial charge in [-0.25, -0.2) is 4.39 Å². The van der Waals surface area contributed by atoms with Gasteiger partial charge in [0.05, 0.1) is 4.47 Å². The molecule has 1 nitrogen and oxygen atoms in total. The van der Waals surface area contributed by atoms with E-state index in [-0.39, 0.29) is 11.9 Å². The summed E-state index contributed by atoms with van der Waals surface area (Å²) >= 11 is 9.55. The lowest BCUT2D eigenvalue weighted by molar-refractivity contribution is 0.528. The standard InChI is InChI=1S/C17H18BrClFN/c1-2-9-21-17(13-5-3-4-6-15(13)19)11-12-7-8-16(20)14(18)10-12/h3-8,10,17,21H,2,9,11H2,1H3. The summed E-state index contributed by atoms with van der Waals surface area (Å²) in [5, 5.41) is 4.27. The number of halogens is 3. The molecule has 0 fully saturated rings. The second-order valence-electron chi connectivity index (χ2n) is 4.98. The van der Waals surface area contributed by atoms with Gasteiger partial charge in [-0.15, -0.1) is 0 Å². The zero-order valence-corrected chi connectivity index (χ0v) is 14.2. The minimum atomic E-state index is -0.241. The predicted molar refractivity (Wildman–Crippen MR) is 90.3 cm³/mol. The summed E-state index contributed by atoms with van der Waals surface area (Å²) in [5.74, 6) is -0.241. The fraction of sp³-hybridized carbons (Fsp3) is 0.294. The number of benzene rings is 2. The number of rotatable bonds is 6. The lowest BCUT2D eigenvalue weighted by Gasteiger charge is -2.20. The number of hydrogen-bond donors (Lipinski definition) is 1. The quantitative estimate of drug-likeness (QED) is 0.705. The number of hydrogen-bond acceptors (Lipinski definition) is 1. The first kappa shape index (κ1) is 16.5. The molecule has 0 aliphatic carbocycles. The predicted octanol–water partition coefficient (Wildman–Crippen LogP) is 5.53. The minimum Gasteiger partial charge on any atom is -0.310 e. The van der Waals surface area contributed by atoms with Crippen LogP contribution in [0.25, 0.3) is 0 Å². The molecule has 112 valence electrons. The Morgan fingerprint density at radius 3 is 2.67 bits per heavy atom. The lowest BCUT2D eigenvalue weighted by atomic mass is 9.98. The van der Waals surface area contributed by atoms with E-state index in [1.807, 2.05) is 36.4 Å². The highest BCUT2D eigenvalue weighted by Crippen LogP contribution is 2.27. The van der Waals surface area contributed by atoms with Crippen LogP contribution in [0, 0.1) is 5.82 Å². The van der Waals surface area contributed by atoms with Crippen LogP contribution in [0.15, 0.2) is 46.9 Å². The summed E-state index contributed by atoms with van der Waals surface area (Å²) in [5.41, 5.74) is 2.14. The third-order valence-corrected chi connectivity index (χ3v) is 4.30. The van der Waals surface area contributed by atoms with Crippen molar-refractivity contribution in [3.8, 4) is 0 Å². The maximum absolute atomic E-state index is 13.3. The van der Waals surface area contributed by atoms with Gasteiger partial charge in [-0.2, -0.15) is 0 Å². The van der Waals surface area contributed by atoms with E-state index in [1.165, 1.54) is 6.07 Å². The van der Waals surface area contributed by atoms with Crippen molar-refractivity contribution in [2.24, 2.45) is 0 Å². The zero-order chi connectivity index (χ0) is 15.2. The van der Waals surface area contributed by atoms with Crippen molar-refractivity contribution in [1.82, 2.24) is 5.32 Å². The van der Waals surface area contributed by atoms with E-state index in [2.05, 4.69) is 28.2 Å². The van der Waals surface area contributed by atoms with Gasteiger partial charge >= 0.3 is 0 Å². The summed E-state index contributed by atoms with van der Waals surface area (Å²) in [6, 6.07) is 13.1. The SMILES string of the molecule is CCCNC(Cc1ccc(F)c(Br)c1)c1ccccc1Cl. The molecule has 2 rings (SSSR count). The maximum Gasteiger partial charge on any atom is 0.137 e. The van der Waals surface area contributed by atoms with E-state index in [0.717, 1.165) is 35.5 Å². The Hall–Kier alpha value is -0.900. The van der Waals surface area contributed by atoms with Crippen LogP contribution in [0.4, 0.5) is 4.39 Å². The van der Waals surface area contributed by atoms with E-state index in [9.17, 15) is 4.39 Å². The third-order valence-electron chi connectivity index (χ3n) is 3.35. The van der Waals surface area contributed by atoms with Crippen molar-refractivity contribution in [1.29, 1.82) is 0 Å². The van der Waals surface area contributed by atoms with E-state index >= 15 is 0 Å². The molecule has 21 heavy (non-hydrogen) atoms. The first-order valence-corrected chi connectivity index (χ1v) is 8.20. The molecule has 0 aromatic heterocycles. The third kappa shape index (κ3) is 4.53. The molecule has 0 amide bonds. The summed E-state index contributed by atoms with van der Waals surface area (Å²) in [4.78, 5) is 0. The second kappa shape index (κ2) is 7.92. The van der Waals surface area contributed by atoms with Crippen LogP contribution in [0.2, 0.25) is 5.02 Å². The Bertz CT molecular complexity index is 603. The van der Waals surface area contributed by atoms with Gasteiger partial charge in [0, 0.05) is 11.1 Å². The molecule has 0 aliphatic heterocycles. The van der Waals surface area contributed by atoms with Gasteiger partial charge in [-0.05, 0) is 64.6 Å². The highest BCUT2D eigenvalue weighted by molar-refractivity contribution is 9.10. The largest absolute Gasteiger partial charge is 0.310 e. The zero-order valence-electron chi connectivity index (χ0n) is 11.9. The van der Waals surface area contributed by atoms with Crippen LogP contribution in [0.3, 0.4) is 0 Å². The molecule has 1 unspecified atom stereocenters. The minimum absolute atomic E-state index is 0.121. The molecule has 0 spiro atoms. The molecular weight excluding hydrogens is 353 g/mol. The van der Waals surface area contributed by atoms with Crippen molar-refractivity contribution in [2.75, 3.05) is 6.54 Å². The Balaban J connectivity index is 2.24. The van der Waals surface area contributed by atoms with Gasteiger partial charge < -0.3 is 5.32 Å². The van der Waals surface area contributed by atoms with Gasteiger partial charge in [0.1, 0.15) is 5.82 Å². The Morgan fingerprint density at radius 2 is 2.00 bits per heavy atom. The topological polar surface area (TPSA) is 12.0 Å². The van der Waals surface area contributed by atoms with Crippen LogP contribution in [-0.2, 0) is 6.42 Å². The molecule has 0 bridgehead atoms. The van der Waals surface area contributed by atoms with E-state index in [1.54, 1.807) is 0 Å². The fourth-order valence-electron chi connectivity index (χ4n) is 2.27. The first-order valence-electron chi connectivity index (χ1n) is 7.03. The Morgan fingerprint density at radius 1 is 1.24 bits per heavy atom. The Kier molecular flexibility index (Phi) is 6.22. The van der Waals surface area contributed by atoms with Gasteiger partial charge in [-0.3, -0.25) is 0 Å². The van der Waals surface area contributed by atoms with E-state index < -0.39 is 0 Å². The summed E-state index contributed by atoms with van der Waals surface area (Å²) < 4.78 is 13.8. The van der Waals surface area contributed by atoms with Crippen molar-refractivity contribution in [3.05, 3.63) is 68.9 Å². The van der Waals surface area contributed by atoms with Crippen LogP contribution < -0.4 is 5.32 Å². The van der Waals surface area contributed by atoms with Gasteiger partial charge in [0.25, 0.3) is 0 Å². The molecule has 0 saturated carbocycles. The molecule has 1 atom stereocenters. The highest BCUT2D eigenvalue weighted by Gasteiger charge is 2.15. The van der Waals surface area contributed by atoms with Crippen LogP contribution >= 0.6 is 27.5 Å². The molecule has 0 saturated heterocycles. The molecule has 4 heteroatoms. The van der Waals surface area contributed by atoms with E-state index in [4.69, 9.17) is 11.6 Å². The molecule has 2 aromatic rings. The molecular formula is C17H18BrClFN. The maximum atomic E-state index is 13.3. The fourth-order valence-corrected chi connectivity index (χ4v) is 2.96. The average molecular weight is 371 g/mol. The van der Waals surface area contributed by atoms with Crippen molar-refractivity contribution < 1.29 is 4.39 Å². The van der Waals surface area contributed by atoms with Gasteiger partial charge in [0.15, 0.2) is 0 Å². The molecule has 0 heterocycles. The molecule has 0 radical (unpaired) electrons. The van der Waals surface area contributed by atoms with Crippen molar-refractivity contribution in [2.45, 2.75) is 25.8 Å². The second-order valence-corrected chi connectivity index (χ2v) is 6.24. The molecule has 2 aromatic carbocycles. The highest BCUT2D eigenvalue weighted by atomic mass is 79.9. The summed E-state index contributed by atoms with van der Waals surface area (Å²) in [6.07, 6.45) is 1.82. The summed E-state index contributed by atoms with van der Waals surface area (Å²) in [6.45, 7) is 3.05. The monoisotopic (exact) mass is 369 g/mol. The first-order chi connectivity index (χ1) is 10.1. The lowest BCUT2D eigenvalue weighted by Crippen LogP contribution is -2.24. The van der Waals surface area contributed by atoms with Crippen LogP contribution in [0.1, 0.15) is 30.5 Å². The van der Waals surface area contributed by atoms with Crippen LogP contribution in [-0.4, -0.2) is 6.54 Å². The van der Waals surface area contributed by atoms with Crippen LogP contribution in [0.5, 0.6) is 0 Å². The molecule has 1 N–H and O–H groups in total. The average Bonchev–Trinajstić information content (AvgIpc) is 2.48. The normalized spacial score (nSPS) is 12.4. The van der Waals surface area contributed by atoms with Gasteiger partial charge in [0.2, 0.25) is 0 Å². The van der Waals surface area contributed by atoms with E-state index in [0.29, 0.717) is 4.47 Å². The molecule has 0 aliphatic rings. The Labute approximate surface area is 138 Å². The van der Waals surface area contributed by atoms with Gasteiger partial charge in [-0.1, -0.05) is 42.8 Å². The summed E-state index contributed by atoms with van der Waals surface area (Å²) in [7, 11) is 0.